The minimum absolute atomic E-state index is 0.137. The molecule has 0 unspecified atom stereocenters. The first kappa shape index (κ1) is 20.0. The van der Waals surface area contributed by atoms with E-state index in [1.165, 1.54) is 5.56 Å². The molecule has 1 saturated carbocycles. The number of amides is 2. The number of carbonyl (C=O) groups excluding carboxylic acids is 1. The highest BCUT2D eigenvalue weighted by Gasteiger charge is 2.39. The molecular weight excluding hydrogens is 400 g/mol. The van der Waals surface area contributed by atoms with Crippen LogP contribution in [0.4, 0.5) is 10.6 Å². The van der Waals surface area contributed by atoms with Gasteiger partial charge in [-0.2, -0.15) is 0 Å². The van der Waals surface area contributed by atoms with E-state index in [0.717, 1.165) is 34.2 Å². The molecule has 160 valence electrons. The molecule has 1 heterocycles. The Balaban J connectivity index is 1.31. The monoisotopic (exact) mass is 424 g/mol. The number of carbonyl (C=O) groups is 1. The number of phenolic OH excluding ortho intramolecular Hbond substituents is 1. The van der Waals surface area contributed by atoms with Crippen LogP contribution >= 0.6 is 0 Å². The Hall–Kier alpha value is -3.93. The number of urea groups is 1. The van der Waals surface area contributed by atoms with Crippen molar-refractivity contribution in [2.24, 2.45) is 0 Å². The summed E-state index contributed by atoms with van der Waals surface area (Å²) in [6.45, 7) is 3.77. The van der Waals surface area contributed by atoms with Crippen LogP contribution in [0, 0.1) is 13.8 Å². The zero-order chi connectivity index (χ0) is 22.2. The Labute approximate surface area is 186 Å². The minimum Gasteiger partial charge on any atom is -0.507 e. The van der Waals surface area contributed by atoms with Gasteiger partial charge in [-0.15, -0.1) is 0 Å². The van der Waals surface area contributed by atoms with E-state index in [-0.39, 0.29) is 12.1 Å². The van der Waals surface area contributed by atoms with Crippen molar-refractivity contribution in [1.29, 1.82) is 0 Å². The smallest absolute Gasteiger partial charge is 0.320 e. The number of benzene rings is 3. The Morgan fingerprint density at radius 3 is 2.47 bits per heavy atom. The summed E-state index contributed by atoms with van der Waals surface area (Å²) in [5.41, 5.74) is 6.31. The van der Waals surface area contributed by atoms with Crippen molar-refractivity contribution in [1.82, 2.24) is 15.3 Å². The maximum Gasteiger partial charge on any atom is 0.320 e. The summed E-state index contributed by atoms with van der Waals surface area (Å²) in [4.78, 5) is 21.5. The average molecular weight is 425 g/mol. The van der Waals surface area contributed by atoms with Crippen LogP contribution in [0.5, 0.6) is 5.75 Å². The van der Waals surface area contributed by atoms with Gasteiger partial charge in [0, 0.05) is 12.0 Å². The standard InChI is InChI=1S/C26H24N4O2/c1-15-10-19(11-16(2)25(15)31)18-8-9-21-23(12-18)28-24(14-27-21)30-26(32)29-22-13-20(22)17-6-4-3-5-7-17/h3-12,14,20,22,31H,13H2,1-2H3,(H2,28,29,30,32)/t20-,22-/m0/s1. The molecule has 3 N–H and O–H groups in total. The van der Waals surface area contributed by atoms with Crippen molar-refractivity contribution in [2.75, 3.05) is 5.32 Å². The molecule has 2 atom stereocenters. The molecule has 6 nitrogen and oxygen atoms in total. The number of aromatic nitrogens is 2. The van der Waals surface area contributed by atoms with Crippen molar-refractivity contribution in [3.8, 4) is 16.9 Å². The summed E-state index contributed by atoms with van der Waals surface area (Å²) < 4.78 is 0. The fraction of sp³-hybridized carbons (Fsp3) is 0.192. The van der Waals surface area contributed by atoms with E-state index in [1.54, 1.807) is 6.20 Å². The Morgan fingerprint density at radius 1 is 0.969 bits per heavy atom. The van der Waals surface area contributed by atoms with Gasteiger partial charge in [-0.25, -0.2) is 9.78 Å². The lowest BCUT2D eigenvalue weighted by Gasteiger charge is -2.10. The van der Waals surface area contributed by atoms with Gasteiger partial charge >= 0.3 is 6.03 Å². The third-order valence-corrected chi connectivity index (χ3v) is 5.94. The molecule has 0 saturated heterocycles. The van der Waals surface area contributed by atoms with E-state index < -0.39 is 0 Å². The predicted octanol–water partition coefficient (Wildman–Crippen LogP) is 5.30. The van der Waals surface area contributed by atoms with Gasteiger partial charge in [-0.1, -0.05) is 36.4 Å². The van der Waals surface area contributed by atoms with Crippen molar-refractivity contribution in [2.45, 2.75) is 32.2 Å². The van der Waals surface area contributed by atoms with Gasteiger partial charge in [0.05, 0.1) is 17.2 Å². The molecule has 0 aliphatic heterocycles. The Kier molecular flexibility index (Phi) is 4.98. The van der Waals surface area contributed by atoms with Crippen molar-refractivity contribution in [3.63, 3.8) is 0 Å². The first-order valence-corrected chi connectivity index (χ1v) is 10.7. The number of aromatic hydroxyl groups is 1. The average Bonchev–Trinajstić information content (AvgIpc) is 3.56. The van der Waals surface area contributed by atoms with Crippen LogP contribution in [0.2, 0.25) is 0 Å². The topological polar surface area (TPSA) is 87.1 Å². The van der Waals surface area contributed by atoms with Gasteiger partial charge in [0.1, 0.15) is 5.75 Å². The molecule has 5 rings (SSSR count). The van der Waals surface area contributed by atoms with Crippen LogP contribution in [0.25, 0.3) is 22.2 Å². The molecular formula is C26H24N4O2. The Bertz CT molecular complexity index is 1300. The number of hydrogen-bond donors (Lipinski definition) is 3. The van der Waals surface area contributed by atoms with Crippen LogP contribution < -0.4 is 10.6 Å². The van der Waals surface area contributed by atoms with Crippen LogP contribution in [0.3, 0.4) is 0 Å². The van der Waals surface area contributed by atoms with E-state index in [1.807, 2.05) is 62.4 Å². The summed E-state index contributed by atoms with van der Waals surface area (Å²) in [6, 6.07) is 19.8. The molecule has 0 spiro atoms. The van der Waals surface area contributed by atoms with Crippen molar-refractivity contribution < 1.29 is 9.90 Å². The lowest BCUT2D eigenvalue weighted by atomic mass is 9.99. The molecule has 1 aromatic heterocycles. The summed E-state index contributed by atoms with van der Waals surface area (Å²) in [5, 5.41) is 15.9. The fourth-order valence-corrected chi connectivity index (χ4v) is 4.12. The summed E-state index contributed by atoms with van der Waals surface area (Å²) in [7, 11) is 0. The molecule has 0 bridgehead atoms. The zero-order valence-electron chi connectivity index (χ0n) is 18.0. The van der Waals surface area contributed by atoms with Gasteiger partial charge < -0.3 is 10.4 Å². The maximum absolute atomic E-state index is 12.5. The highest BCUT2D eigenvalue weighted by Crippen LogP contribution is 2.40. The molecule has 1 fully saturated rings. The van der Waals surface area contributed by atoms with Crippen LogP contribution in [-0.2, 0) is 0 Å². The van der Waals surface area contributed by atoms with Gasteiger partial charge in [0.2, 0.25) is 0 Å². The van der Waals surface area contributed by atoms with Gasteiger partial charge in [-0.05, 0) is 72.4 Å². The van der Waals surface area contributed by atoms with E-state index >= 15 is 0 Å². The third kappa shape index (κ3) is 3.99. The second kappa shape index (κ2) is 7.96. The van der Waals surface area contributed by atoms with Crippen LogP contribution in [0.1, 0.15) is 29.0 Å². The number of nitrogens with zero attached hydrogens (tertiary/aromatic N) is 2. The number of hydrogen-bond acceptors (Lipinski definition) is 4. The predicted molar refractivity (Wildman–Crippen MR) is 126 cm³/mol. The van der Waals surface area contributed by atoms with E-state index in [9.17, 15) is 9.90 Å². The lowest BCUT2D eigenvalue weighted by molar-refractivity contribution is 0.251. The van der Waals surface area contributed by atoms with Gasteiger partial charge in [0.15, 0.2) is 5.82 Å². The first-order chi connectivity index (χ1) is 15.5. The highest BCUT2D eigenvalue weighted by atomic mass is 16.3. The first-order valence-electron chi connectivity index (χ1n) is 10.7. The molecule has 2 amide bonds. The fourth-order valence-electron chi connectivity index (χ4n) is 4.12. The second-order valence-electron chi connectivity index (χ2n) is 8.38. The number of aryl methyl sites for hydroxylation is 2. The summed E-state index contributed by atoms with van der Waals surface area (Å²) >= 11 is 0. The SMILES string of the molecule is Cc1cc(-c2ccc3ncc(NC(=O)N[C@H]4C[C@H]4c4ccccc4)nc3c2)cc(C)c1O. The number of fused-ring (bicyclic) bond motifs is 1. The van der Waals surface area contributed by atoms with Crippen LogP contribution in [-0.4, -0.2) is 27.1 Å². The highest BCUT2D eigenvalue weighted by molar-refractivity contribution is 5.90. The molecule has 1 aliphatic rings. The van der Waals surface area contributed by atoms with Crippen molar-refractivity contribution in [3.05, 3.63) is 83.6 Å². The maximum atomic E-state index is 12.5. The molecule has 0 radical (unpaired) electrons. The number of rotatable bonds is 4. The minimum atomic E-state index is -0.275. The molecule has 32 heavy (non-hydrogen) atoms. The van der Waals surface area contributed by atoms with Crippen molar-refractivity contribution >= 4 is 22.9 Å². The Morgan fingerprint density at radius 2 is 1.72 bits per heavy atom. The van der Waals surface area contributed by atoms with Gasteiger partial charge in [0.25, 0.3) is 0 Å². The number of anilines is 1. The molecule has 6 heteroatoms. The van der Waals surface area contributed by atoms with E-state index in [2.05, 4.69) is 32.7 Å². The van der Waals surface area contributed by atoms with E-state index in [4.69, 9.17) is 0 Å². The summed E-state index contributed by atoms with van der Waals surface area (Å²) in [5.74, 6) is 1.09. The molecule has 4 aromatic rings. The zero-order valence-corrected chi connectivity index (χ0v) is 18.0. The number of nitrogens with one attached hydrogen (secondary N) is 2. The quantitative estimate of drug-likeness (QED) is 0.415. The number of phenols is 1. The lowest BCUT2D eigenvalue weighted by Crippen LogP contribution is -2.31. The van der Waals surface area contributed by atoms with Gasteiger partial charge in [-0.3, -0.25) is 10.3 Å². The molecule has 1 aliphatic carbocycles. The normalized spacial score (nSPS) is 17.2. The van der Waals surface area contributed by atoms with Crippen LogP contribution in [0.15, 0.2) is 66.9 Å². The summed E-state index contributed by atoms with van der Waals surface area (Å²) in [6.07, 6.45) is 2.51. The third-order valence-electron chi connectivity index (χ3n) is 5.94. The molecule has 3 aromatic carbocycles. The van der Waals surface area contributed by atoms with E-state index in [0.29, 0.717) is 23.0 Å². The largest absolute Gasteiger partial charge is 0.507 e. The second-order valence-corrected chi connectivity index (χ2v) is 8.38.